The Morgan fingerprint density at radius 1 is 1.21 bits per heavy atom. The van der Waals surface area contributed by atoms with Crippen LogP contribution >= 0.6 is 11.3 Å². The number of rotatable bonds is 11. The van der Waals surface area contributed by atoms with Crippen molar-refractivity contribution < 1.29 is 0 Å². The highest BCUT2D eigenvalue weighted by Gasteiger charge is 2.09. The van der Waals surface area contributed by atoms with Gasteiger partial charge in [-0.25, -0.2) is 4.98 Å². The molecule has 0 aliphatic rings. The monoisotopic (exact) mass is 283 g/mol. The molecule has 1 atom stereocenters. The second-order valence-corrected chi connectivity index (χ2v) is 6.30. The summed E-state index contributed by atoms with van der Waals surface area (Å²) in [4.78, 5) is 4.50. The molecule has 0 radical (unpaired) electrons. The normalized spacial score (nSPS) is 12.8. The molecule has 1 unspecified atom stereocenters. The Kier molecular flexibility index (Phi) is 9.05. The number of nitrogens with one attached hydrogen (secondary N) is 1. The van der Waals surface area contributed by atoms with Gasteiger partial charge in [0.15, 0.2) is 0 Å². The summed E-state index contributed by atoms with van der Waals surface area (Å²) >= 11 is 1.74. The van der Waals surface area contributed by atoms with Crippen LogP contribution in [0.5, 0.6) is 0 Å². The first kappa shape index (κ1) is 16.6. The number of aromatic nitrogens is 1. The van der Waals surface area contributed by atoms with Gasteiger partial charge in [0.2, 0.25) is 0 Å². The number of nitrogens with two attached hydrogens (primary N) is 1. The van der Waals surface area contributed by atoms with E-state index in [0.717, 1.165) is 18.5 Å². The van der Waals surface area contributed by atoms with Crippen molar-refractivity contribution >= 4 is 11.3 Å². The molecule has 19 heavy (non-hydrogen) atoms. The maximum Gasteiger partial charge on any atom is 0.0944 e. The molecular formula is C15H29N3S. The molecule has 3 N–H and O–H groups in total. The van der Waals surface area contributed by atoms with Crippen LogP contribution in [0.15, 0.2) is 5.38 Å². The van der Waals surface area contributed by atoms with Gasteiger partial charge in [-0.15, -0.1) is 11.3 Å². The SMILES string of the molecule is CCCCCCCCCC(Cc1nc(C)cs1)NN. The van der Waals surface area contributed by atoms with E-state index in [1.807, 2.05) is 6.92 Å². The molecule has 3 nitrogen and oxygen atoms in total. The highest BCUT2D eigenvalue weighted by atomic mass is 32.1. The van der Waals surface area contributed by atoms with Crippen molar-refractivity contribution in [3.05, 3.63) is 16.1 Å². The lowest BCUT2D eigenvalue weighted by Crippen LogP contribution is -2.36. The maximum atomic E-state index is 5.63. The van der Waals surface area contributed by atoms with Gasteiger partial charge < -0.3 is 0 Å². The number of thiazole rings is 1. The summed E-state index contributed by atoms with van der Waals surface area (Å²) in [6, 6.07) is 0.376. The smallest absolute Gasteiger partial charge is 0.0944 e. The maximum absolute atomic E-state index is 5.63. The number of nitrogens with zero attached hydrogens (tertiary/aromatic N) is 1. The van der Waals surface area contributed by atoms with Gasteiger partial charge in [-0.05, 0) is 13.3 Å². The van der Waals surface area contributed by atoms with Crippen molar-refractivity contribution in [1.82, 2.24) is 10.4 Å². The third kappa shape index (κ3) is 7.65. The van der Waals surface area contributed by atoms with E-state index in [1.54, 1.807) is 11.3 Å². The van der Waals surface area contributed by atoms with Gasteiger partial charge in [-0.1, -0.05) is 51.9 Å². The van der Waals surface area contributed by atoms with E-state index < -0.39 is 0 Å². The molecule has 0 fully saturated rings. The van der Waals surface area contributed by atoms with Crippen molar-refractivity contribution in [2.24, 2.45) is 5.84 Å². The second-order valence-electron chi connectivity index (χ2n) is 5.36. The van der Waals surface area contributed by atoms with E-state index in [-0.39, 0.29) is 0 Å². The topological polar surface area (TPSA) is 50.9 Å². The van der Waals surface area contributed by atoms with Gasteiger partial charge in [0.05, 0.1) is 5.01 Å². The Hall–Kier alpha value is -0.450. The first-order valence-electron chi connectivity index (χ1n) is 7.63. The number of hydrazine groups is 1. The number of hydrogen-bond acceptors (Lipinski definition) is 4. The fraction of sp³-hybridized carbons (Fsp3) is 0.800. The number of unbranched alkanes of at least 4 members (excludes halogenated alkanes) is 6. The molecule has 0 aliphatic heterocycles. The van der Waals surface area contributed by atoms with Crippen molar-refractivity contribution in [2.75, 3.05) is 0 Å². The minimum absolute atomic E-state index is 0.376. The Bertz CT molecular complexity index is 325. The van der Waals surface area contributed by atoms with Gasteiger partial charge in [0.1, 0.15) is 0 Å². The van der Waals surface area contributed by atoms with E-state index in [2.05, 4.69) is 22.7 Å². The summed E-state index contributed by atoms with van der Waals surface area (Å²) in [5.74, 6) is 5.63. The molecule has 1 aromatic heterocycles. The third-order valence-corrected chi connectivity index (χ3v) is 4.47. The fourth-order valence-electron chi connectivity index (χ4n) is 2.30. The zero-order chi connectivity index (χ0) is 13.9. The lowest BCUT2D eigenvalue weighted by Gasteiger charge is -2.14. The lowest BCUT2D eigenvalue weighted by molar-refractivity contribution is 0.458. The van der Waals surface area contributed by atoms with Crippen LogP contribution in [0.2, 0.25) is 0 Å². The van der Waals surface area contributed by atoms with Crippen LogP contribution in [0, 0.1) is 6.92 Å². The van der Waals surface area contributed by atoms with E-state index in [0.29, 0.717) is 6.04 Å². The molecule has 1 aromatic rings. The van der Waals surface area contributed by atoms with Crippen LogP contribution in [-0.2, 0) is 6.42 Å². The third-order valence-electron chi connectivity index (χ3n) is 3.48. The van der Waals surface area contributed by atoms with E-state index in [9.17, 15) is 0 Å². The van der Waals surface area contributed by atoms with Gasteiger partial charge >= 0.3 is 0 Å². The zero-order valence-corrected chi connectivity index (χ0v) is 13.3. The summed E-state index contributed by atoms with van der Waals surface area (Å²) in [5.41, 5.74) is 4.05. The molecule has 110 valence electrons. The Morgan fingerprint density at radius 3 is 2.47 bits per heavy atom. The van der Waals surface area contributed by atoms with Crippen molar-refractivity contribution in [3.63, 3.8) is 0 Å². The molecule has 0 amide bonds. The predicted octanol–water partition coefficient (Wildman–Crippen LogP) is 3.97. The van der Waals surface area contributed by atoms with Crippen LogP contribution in [0.25, 0.3) is 0 Å². The molecule has 1 rings (SSSR count). The zero-order valence-electron chi connectivity index (χ0n) is 12.5. The van der Waals surface area contributed by atoms with E-state index >= 15 is 0 Å². The van der Waals surface area contributed by atoms with Crippen LogP contribution in [0.1, 0.15) is 69.0 Å². The highest BCUT2D eigenvalue weighted by molar-refractivity contribution is 7.09. The molecule has 0 saturated heterocycles. The van der Waals surface area contributed by atoms with Gasteiger partial charge in [0.25, 0.3) is 0 Å². The van der Waals surface area contributed by atoms with Crippen LogP contribution < -0.4 is 11.3 Å². The van der Waals surface area contributed by atoms with Crippen LogP contribution in [-0.4, -0.2) is 11.0 Å². The Balaban J connectivity index is 2.08. The van der Waals surface area contributed by atoms with Crippen molar-refractivity contribution in [3.8, 4) is 0 Å². The highest BCUT2D eigenvalue weighted by Crippen LogP contribution is 2.15. The first-order valence-corrected chi connectivity index (χ1v) is 8.51. The Morgan fingerprint density at radius 2 is 1.89 bits per heavy atom. The van der Waals surface area contributed by atoms with E-state index in [4.69, 9.17) is 5.84 Å². The quantitative estimate of drug-likeness (QED) is 0.367. The summed E-state index contributed by atoms with van der Waals surface area (Å²) in [6.07, 6.45) is 11.6. The number of aryl methyl sites for hydroxylation is 1. The molecule has 0 aliphatic carbocycles. The summed E-state index contributed by atoms with van der Waals surface area (Å²) in [5, 5.41) is 3.31. The summed E-state index contributed by atoms with van der Waals surface area (Å²) < 4.78 is 0. The van der Waals surface area contributed by atoms with E-state index in [1.165, 1.54) is 50.0 Å². The Labute approximate surface area is 122 Å². The van der Waals surface area contributed by atoms with Crippen LogP contribution in [0.4, 0.5) is 0 Å². The van der Waals surface area contributed by atoms with Gasteiger partial charge in [-0.2, -0.15) is 0 Å². The molecule has 0 bridgehead atoms. The average molecular weight is 283 g/mol. The van der Waals surface area contributed by atoms with Gasteiger partial charge in [-0.3, -0.25) is 11.3 Å². The summed E-state index contributed by atoms with van der Waals surface area (Å²) in [7, 11) is 0. The molecule has 1 heterocycles. The largest absolute Gasteiger partial charge is 0.271 e. The number of hydrogen-bond donors (Lipinski definition) is 2. The van der Waals surface area contributed by atoms with Crippen LogP contribution in [0.3, 0.4) is 0 Å². The molecule has 0 saturated carbocycles. The van der Waals surface area contributed by atoms with Crippen molar-refractivity contribution in [2.45, 2.75) is 77.7 Å². The molecular weight excluding hydrogens is 254 g/mol. The van der Waals surface area contributed by atoms with Gasteiger partial charge in [0, 0.05) is 23.5 Å². The minimum atomic E-state index is 0.376. The minimum Gasteiger partial charge on any atom is -0.271 e. The average Bonchev–Trinajstić information content (AvgIpc) is 2.81. The second kappa shape index (κ2) is 10.4. The van der Waals surface area contributed by atoms with Crippen molar-refractivity contribution in [1.29, 1.82) is 0 Å². The standard InChI is InChI=1S/C15H29N3S/c1-3-4-5-6-7-8-9-10-14(18-16)11-15-17-13(2)12-19-15/h12,14,18H,3-11,16H2,1-2H3. The molecule has 0 spiro atoms. The predicted molar refractivity (Wildman–Crippen MR) is 84.3 cm³/mol. The first-order chi connectivity index (χ1) is 9.26. The molecule has 0 aromatic carbocycles. The fourth-order valence-corrected chi connectivity index (χ4v) is 3.15. The molecule has 4 heteroatoms. The lowest BCUT2D eigenvalue weighted by atomic mass is 10.0. The summed E-state index contributed by atoms with van der Waals surface area (Å²) in [6.45, 7) is 4.30.